The van der Waals surface area contributed by atoms with Crippen molar-refractivity contribution in [3.8, 4) is 11.5 Å². The van der Waals surface area contributed by atoms with Crippen LogP contribution in [0.15, 0.2) is 71.6 Å². The number of hydrogen-bond donors (Lipinski definition) is 2. The van der Waals surface area contributed by atoms with Gasteiger partial charge in [0, 0.05) is 48.4 Å². The maximum Gasteiger partial charge on any atom is 0.254 e. The summed E-state index contributed by atoms with van der Waals surface area (Å²) >= 11 is 6.12. The van der Waals surface area contributed by atoms with Gasteiger partial charge in [0.15, 0.2) is 0 Å². The second kappa shape index (κ2) is 12.5. The smallest absolute Gasteiger partial charge is 0.254 e. The molecule has 0 aromatic heterocycles. The second-order valence-corrected chi connectivity index (χ2v) is 13.7. The molecular weight excluding hydrogens is 590 g/mol. The van der Waals surface area contributed by atoms with Crippen molar-refractivity contribution >= 4 is 27.5 Å². The summed E-state index contributed by atoms with van der Waals surface area (Å²) in [6.07, 6.45) is -0.411. The molecule has 3 aromatic rings. The highest BCUT2D eigenvalue weighted by atomic mass is 35.5. The first kappa shape index (κ1) is 31.3. The molecule has 3 aromatic carbocycles. The van der Waals surface area contributed by atoms with E-state index >= 15 is 0 Å². The van der Waals surface area contributed by atoms with Gasteiger partial charge in [-0.2, -0.15) is 0 Å². The normalized spacial score (nSPS) is 21.6. The van der Waals surface area contributed by atoms with E-state index in [0.717, 1.165) is 26.1 Å². The van der Waals surface area contributed by atoms with E-state index in [1.807, 2.05) is 30.0 Å². The molecule has 0 saturated carbocycles. The highest BCUT2D eigenvalue weighted by molar-refractivity contribution is 7.89. The Bertz CT molecular complexity index is 1580. The van der Waals surface area contributed by atoms with Crippen molar-refractivity contribution in [2.45, 2.75) is 62.4 Å². The molecule has 2 aliphatic rings. The number of fused-ring (bicyclic) bond motifs is 1. The lowest BCUT2D eigenvalue weighted by Gasteiger charge is -2.42. The third-order valence-corrected chi connectivity index (χ3v) is 9.93. The van der Waals surface area contributed by atoms with Gasteiger partial charge in [0.2, 0.25) is 10.0 Å². The molecule has 230 valence electrons. The van der Waals surface area contributed by atoms with Crippen LogP contribution >= 0.6 is 11.6 Å². The molecule has 2 N–H and O–H groups in total. The van der Waals surface area contributed by atoms with Gasteiger partial charge in [-0.1, -0.05) is 41.9 Å². The van der Waals surface area contributed by atoms with Crippen LogP contribution in [0.25, 0.3) is 0 Å². The number of amides is 1. The highest BCUT2D eigenvalue weighted by Crippen LogP contribution is 2.42. The standard InChI is InChI=1S/C32H38ClN3O6S/c1-5-36(24-15-16-35(20-24)19-21-9-7-6-8-10-21)31(38)22-11-13-26-25(17-22)29(30(37)32(2,3)42-26)34-43(39,40)28-18-23(33)12-14-27(28)41-4/h6-14,17-18,24,29-30,34,37H,5,15-16,19-20H2,1-4H3/t24?,29-,30+/m1/s1. The molecule has 0 spiro atoms. The molecule has 1 fully saturated rings. The van der Waals surface area contributed by atoms with E-state index in [1.165, 1.54) is 30.9 Å². The molecule has 3 atom stereocenters. The fraction of sp³-hybridized carbons (Fsp3) is 0.406. The molecule has 2 aliphatic heterocycles. The molecule has 0 aliphatic carbocycles. The van der Waals surface area contributed by atoms with E-state index in [1.54, 1.807) is 32.0 Å². The van der Waals surface area contributed by atoms with Crippen LogP contribution in [-0.4, -0.2) is 73.7 Å². The fourth-order valence-electron chi connectivity index (χ4n) is 5.94. The predicted molar refractivity (Wildman–Crippen MR) is 165 cm³/mol. The lowest BCUT2D eigenvalue weighted by Crippen LogP contribution is -2.53. The Morgan fingerprint density at radius 3 is 2.60 bits per heavy atom. The van der Waals surface area contributed by atoms with Gasteiger partial charge in [-0.25, -0.2) is 13.1 Å². The number of carbonyl (C=O) groups is 1. The zero-order valence-corrected chi connectivity index (χ0v) is 26.4. The second-order valence-electron chi connectivity index (χ2n) is 11.6. The number of nitrogens with one attached hydrogen (secondary N) is 1. The predicted octanol–water partition coefficient (Wildman–Crippen LogP) is 4.64. The van der Waals surface area contributed by atoms with E-state index in [2.05, 4.69) is 21.8 Å². The SMILES string of the molecule is CCN(C(=O)c1ccc2c(c1)[C@@H](NS(=O)(=O)c1cc(Cl)ccc1OC)[C@H](O)C(C)(C)O2)C1CCN(Cc2ccccc2)C1. The molecule has 0 radical (unpaired) electrons. The number of benzene rings is 3. The molecule has 1 saturated heterocycles. The lowest BCUT2D eigenvalue weighted by molar-refractivity contribution is -0.0603. The van der Waals surface area contributed by atoms with E-state index in [9.17, 15) is 18.3 Å². The summed E-state index contributed by atoms with van der Waals surface area (Å²) in [6, 6.07) is 18.5. The number of hydrogen-bond acceptors (Lipinski definition) is 7. The van der Waals surface area contributed by atoms with Crippen molar-refractivity contribution < 1.29 is 27.8 Å². The van der Waals surface area contributed by atoms with E-state index in [0.29, 0.717) is 23.4 Å². The van der Waals surface area contributed by atoms with E-state index in [-0.39, 0.29) is 27.6 Å². The van der Waals surface area contributed by atoms with Crippen molar-refractivity contribution in [1.29, 1.82) is 0 Å². The van der Waals surface area contributed by atoms with Crippen molar-refractivity contribution in [3.63, 3.8) is 0 Å². The van der Waals surface area contributed by atoms with Crippen LogP contribution < -0.4 is 14.2 Å². The number of rotatable bonds is 9. The zero-order chi connectivity index (χ0) is 30.9. The summed E-state index contributed by atoms with van der Waals surface area (Å²) in [7, 11) is -2.86. The minimum absolute atomic E-state index is 0.0441. The first-order chi connectivity index (χ1) is 20.4. The monoisotopic (exact) mass is 627 g/mol. The fourth-order valence-corrected chi connectivity index (χ4v) is 7.59. The number of likely N-dealkylation sites (tertiary alicyclic amines) is 1. The quantitative estimate of drug-likeness (QED) is 0.356. The van der Waals surface area contributed by atoms with Crippen LogP contribution in [0.1, 0.15) is 54.7 Å². The Labute approximate surface area is 258 Å². The molecule has 5 rings (SSSR count). The van der Waals surface area contributed by atoms with Gasteiger partial charge in [-0.15, -0.1) is 0 Å². The van der Waals surface area contributed by atoms with Crippen molar-refractivity contribution in [2.24, 2.45) is 0 Å². The van der Waals surface area contributed by atoms with Gasteiger partial charge >= 0.3 is 0 Å². The van der Waals surface area contributed by atoms with Crippen molar-refractivity contribution in [2.75, 3.05) is 26.7 Å². The van der Waals surface area contributed by atoms with Crippen LogP contribution in [0.4, 0.5) is 0 Å². The average Bonchev–Trinajstić information content (AvgIpc) is 3.43. The first-order valence-electron chi connectivity index (χ1n) is 14.4. The molecule has 0 bridgehead atoms. The number of methoxy groups -OCH3 is 1. The van der Waals surface area contributed by atoms with Gasteiger partial charge in [-0.05, 0) is 69.2 Å². The van der Waals surface area contributed by atoms with Crippen molar-refractivity contribution in [3.05, 3.63) is 88.4 Å². The third kappa shape index (κ3) is 6.53. The summed E-state index contributed by atoms with van der Waals surface area (Å²) in [4.78, 5) is 17.9. The number of aliphatic hydroxyl groups excluding tert-OH is 1. The molecule has 43 heavy (non-hydrogen) atoms. The largest absolute Gasteiger partial charge is 0.495 e. The van der Waals surface area contributed by atoms with Gasteiger partial charge < -0.3 is 19.5 Å². The molecular formula is C32H38ClN3O6S. The maximum absolute atomic E-state index is 13.9. The van der Waals surface area contributed by atoms with Gasteiger partial charge in [0.1, 0.15) is 28.1 Å². The minimum Gasteiger partial charge on any atom is -0.495 e. The minimum atomic E-state index is -4.23. The summed E-state index contributed by atoms with van der Waals surface area (Å²) in [6.45, 7) is 8.32. The Morgan fingerprint density at radius 1 is 1.16 bits per heavy atom. The Balaban J connectivity index is 1.42. The maximum atomic E-state index is 13.9. The van der Waals surface area contributed by atoms with Crippen LogP contribution in [0.3, 0.4) is 0 Å². The lowest BCUT2D eigenvalue weighted by atomic mass is 9.86. The first-order valence-corrected chi connectivity index (χ1v) is 16.2. The third-order valence-electron chi connectivity index (χ3n) is 8.23. The van der Waals surface area contributed by atoms with E-state index < -0.39 is 27.8 Å². The van der Waals surface area contributed by atoms with Crippen molar-refractivity contribution in [1.82, 2.24) is 14.5 Å². The molecule has 9 nitrogen and oxygen atoms in total. The zero-order valence-electron chi connectivity index (χ0n) is 24.8. The molecule has 1 amide bonds. The topological polar surface area (TPSA) is 108 Å². The average molecular weight is 628 g/mol. The number of aliphatic hydroxyl groups is 1. The highest BCUT2D eigenvalue weighted by Gasteiger charge is 2.45. The Kier molecular flexibility index (Phi) is 9.06. The van der Waals surface area contributed by atoms with Crippen LogP contribution in [0.5, 0.6) is 11.5 Å². The summed E-state index contributed by atoms with van der Waals surface area (Å²) < 4.78 is 41.2. The number of nitrogens with zero attached hydrogens (tertiary/aromatic N) is 2. The Hall–Kier alpha value is -3.15. The number of sulfonamides is 1. The number of ether oxygens (including phenoxy) is 2. The number of likely N-dealkylation sites (N-methyl/N-ethyl adjacent to an activating group) is 1. The van der Waals surface area contributed by atoms with E-state index in [4.69, 9.17) is 21.1 Å². The van der Waals surface area contributed by atoms with Gasteiger partial charge in [0.05, 0.1) is 13.2 Å². The summed E-state index contributed by atoms with van der Waals surface area (Å²) in [5.41, 5.74) is 0.876. The number of halogens is 1. The van der Waals surface area contributed by atoms with Gasteiger partial charge in [0.25, 0.3) is 5.91 Å². The van der Waals surface area contributed by atoms with Crippen LogP contribution in [0.2, 0.25) is 5.02 Å². The molecule has 1 unspecified atom stereocenters. The number of carbonyl (C=O) groups excluding carboxylic acids is 1. The Morgan fingerprint density at radius 2 is 1.91 bits per heavy atom. The molecule has 2 heterocycles. The molecule has 11 heteroatoms. The van der Waals surface area contributed by atoms with Crippen LogP contribution in [-0.2, 0) is 16.6 Å². The van der Waals surface area contributed by atoms with Gasteiger partial charge in [-0.3, -0.25) is 9.69 Å². The summed E-state index contributed by atoms with van der Waals surface area (Å²) in [5.74, 6) is 0.336. The van der Waals surface area contributed by atoms with Crippen LogP contribution in [0, 0.1) is 0 Å². The summed E-state index contributed by atoms with van der Waals surface area (Å²) in [5, 5.41) is 11.6.